The fourth-order valence-corrected chi connectivity index (χ4v) is 2.87. The minimum atomic E-state index is 0.305. The molecular formula is C16H24N2O. The Kier molecular flexibility index (Phi) is 4.97. The predicted molar refractivity (Wildman–Crippen MR) is 78.2 cm³/mol. The van der Waals surface area contributed by atoms with Crippen molar-refractivity contribution in [3.8, 4) is 0 Å². The molecule has 1 fully saturated rings. The number of amides is 1. The number of hydrogen-bond acceptors (Lipinski definition) is 2. The van der Waals surface area contributed by atoms with Gasteiger partial charge in [0.1, 0.15) is 0 Å². The summed E-state index contributed by atoms with van der Waals surface area (Å²) >= 11 is 0. The van der Waals surface area contributed by atoms with Crippen LogP contribution in [0.5, 0.6) is 0 Å². The van der Waals surface area contributed by atoms with E-state index in [0.29, 0.717) is 18.4 Å². The minimum absolute atomic E-state index is 0.305. The minimum Gasteiger partial charge on any atom is -0.338 e. The van der Waals surface area contributed by atoms with Crippen LogP contribution < -0.4 is 5.32 Å². The first kappa shape index (κ1) is 14.1. The van der Waals surface area contributed by atoms with Crippen LogP contribution in [0.2, 0.25) is 0 Å². The van der Waals surface area contributed by atoms with E-state index >= 15 is 0 Å². The van der Waals surface area contributed by atoms with E-state index in [2.05, 4.69) is 41.4 Å². The maximum Gasteiger partial charge on any atom is 0.223 e. The summed E-state index contributed by atoms with van der Waals surface area (Å²) in [5.41, 5.74) is 2.52. The van der Waals surface area contributed by atoms with E-state index in [-0.39, 0.29) is 0 Å². The smallest absolute Gasteiger partial charge is 0.223 e. The Morgan fingerprint density at radius 2 is 2.32 bits per heavy atom. The summed E-state index contributed by atoms with van der Waals surface area (Å²) in [6.45, 7) is 3.93. The standard InChI is InChI=1S/C16H24N2O/c1-13-5-3-6-14(11-13)8-9-16(19)18-10-4-7-15(18)12-17-2/h3,5-6,11,15,17H,4,7-10,12H2,1-2H3. The largest absolute Gasteiger partial charge is 0.338 e. The van der Waals surface area contributed by atoms with Crippen molar-refractivity contribution in [3.63, 3.8) is 0 Å². The van der Waals surface area contributed by atoms with E-state index in [0.717, 1.165) is 32.4 Å². The van der Waals surface area contributed by atoms with Crippen LogP contribution in [0, 0.1) is 6.92 Å². The molecule has 3 heteroatoms. The molecule has 1 aliphatic rings. The third-order valence-corrected chi connectivity index (χ3v) is 3.85. The maximum absolute atomic E-state index is 12.3. The number of nitrogens with one attached hydrogen (secondary N) is 1. The number of carbonyl (C=O) groups excluding carboxylic acids is 1. The Balaban J connectivity index is 1.87. The third-order valence-electron chi connectivity index (χ3n) is 3.85. The summed E-state index contributed by atoms with van der Waals surface area (Å²) in [6.07, 6.45) is 3.76. The number of hydrogen-bond donors (Lipinski definition) is 1. The van der Waals surface area contributed by atoms with Crippen LogP contribution in [0.1, 0.15) is 30.4 Å². The molecule has 1 heterocycles. The Hall–Kier alpha value is -1.35. The maximum atomic E-state index is 12.3. The molecule has 1 aliphatic heterocycles. The second kappa shape index (κ2) is 6.71. The number of benzene rings is 1. The summed E-state index contributed by atoms with van der Waals surface area (Å²) in [7, 11) is 1.95. The van der Waals surface area contributed by atoms with Gasteiger partial charge in [-0.1, -0.05) is 29.8 Å². The second-order valence-corrected chi connectivity index (χ2v) is 5.43. The molecule has 3 nitrogen and oxygen atoms in total. The average Bonchev–Trinajstić information content (AvgIpc) is 2.85. The van der Waals surface area contributed by atoms with Crippen LogP contribution in [0.25, 0.3) is 0 Å². The Bertz CT molecular complexity index is 431. The lowest BCUT2D eigenvalue weighted by Crippen LogP contribution is -2.40. The van der Waals surface area contributed by atoms with Crippen molar-refractivity contribution in [1.82, 2.24) is 10.2 Å². The van der Waals surface area contributed by atoms with E-state index in [4.69, 9.17) is 0 Å². The molecule has 0 saturated carbocycles. The van der Waals surface area contributed by atoms with Gasteiger partial charge in [0.25, 0.3) is 0 Å². The van der Waals surface area contributed by atoms with Gasteiger partial charge in [-0.15, -0.1) is 0 Å². The molecule has 0 aromatic heterocycles. The number of likely N-dealkylation sites (N-methyl/N-ethyl adjacent to an activating group) is 1. The summed E-state index contributed by atoms with van der Waals surface area (Å²) < 4.78 is 0. The van der Waals surface area contributed by atoms with Gasteiger partial charge in [-0.05, 0) is 38.8 Å². The van der Waals surface area contributed by atoms with Gasteiger partial charge >= 0.3 is 0 Å². The van der Waals surface area contributed by atoms with Gasteiger partial charge in [0.2, 0.25) is 5.91 Å². The van der Waals surface area contributed by atoms with Crippen LogP contribution in [-0.4, -0.2) is 37.0 Å². The lowest BCUT2D eigenvalue weighted by Gasteiger charge is -2.24. The molecule has 0 bridgehead atoms. The van der Waals surface area contributed by atoms with Gasteiger partial charge in [0, 0.05) is 25.6 Å². The highest BCUT2D eigenvalue weighted by Gasteiger charge is 2.27. The summed E-state index contributed by atoms with van der Waals surface area (Å²) in [5, 5.41) is 3.18. The van der Waals surface area contributed by atoms with Crippen molar-refractivity contribution in [2.75, 3.05) is 20.1 Å². The van der Waals surface area contributed by atoms with Gasteiger partial charge in [-0.3, -0.25) is 4.79 Å². The van der Waals surface area contributed by atoms with E-state index in [1.165, 1.54) is 11.1 Å². The molecule has 1 amide bonds. The monoisotopic (exact) mass is 260 g/mol. The van der Waals surface area contributed by atoms with Crippen molar-refractivity contribution in [3.05, 3.63) is 35.4 Å². The number of aryl methyl sites for hydroxylation is 2. The first-order chi connectivity index (χ1) is 9.20. The molecule has 0 spiro atoms. The Morgan fingerprint density at radius 3 is 3.05 bits per heavy atom. The van der Waals surface area contributed by atoms with Crippen molar-refractivity contribution >= 4 is 5.91 Å². The lowest BCUT2D eigenvalue weighted by atomic mass is 10.1. The summed E-state index contributed by atoms with van der Waals surface area (Å²) in [4.78, 5) is 14.3. The van der Waals surface area contributed by atoms with Crippen molar-refractivity contribution in [2.24, 2.45) is 0 Å². The zero-order valence-corrected chi connectivity index (χ0v) is 12.0. The van der Waals surface area contributed by atoms with Gasteiger partial charge in [0.05, 0.1) is 0 Å². The van der Waals surface area contributed by atoms with Crippen molar-refractivity contribution in [1.29, 1.82) is 0 Å². The molecule has 1 atom stereocenters. The van der Waals surface area contributed by atoms with E-state index < -0.39 is 0 Å². The van der Waals surface area contributed by atoms with E-state index in [1.807, 2.05) is 7.05 Å². The molecular weight excluding hydrogens is 236 g/mol. The fraction of sp³-hybridized carbons (Fsp3) is 0.562. The molecule has 0 radical (unpaired) electrons. The zero-order valence-electron chi connectivity index (χ0n) is 12.0. The molecule has 1 saturated heterocycles. The first-order valence-corrected chi connectivity index (χ1v) is 7.20. The van der Waals surface area contributed by atoms with Gasteiger partial charge in [-0.2, -0.15) is 0 Å². The molecule has 1 N–H and O–H groups in total. The zero-order chi connectivity index (χ0) is 13.7. The fourth-order valence-electron chi connectivity index (χ4n) is 2.87. The van der Waals surface area contributed by atoms with E-state index in [1.54, 1.807) is 0 Å². The van der Waals surface area contributed by atoms with Crippen molar-refractivity contribution in [2.45, 2.75) is 38.6 Å². The van der Waals surface area contributed by atoms with Crippen molar-refractivity contribution < 1.29 is 4.79 Å². The van der Waals surface area contributed by atoms with Gasteiger partial charge in [-0.25, -0.2) is 0 Å². The van der Waals surface area contributed by atoms with Gasteiger partial charge in [0.15, 0.2) is 0 Å². The molecule has 1 aromatic rings. The van der Waals surface area contributed by atoms with Crippen LogP contribution in [0.15, 0.2) is 24.3 Å². The third kappa shape index (κ3) is 3.80. The summed E-state index contributed by atoms with van der Waals surface area (Å²) in [6, 6.07) is 8.83. The quantitative estimate of drug-likeness (QED) is 0.879. The molecule has 19 heavy (non-hydrogen) atoms. The number of carbonyl (C=O) groups is 1. The highest BCUT2D eigenvalue weighted by molar-refractivity contribution is 5.77. The SMILES string of the molecule is CNCC1CCCN1C(=O)CCc1cccc(C)c1. The second-order valence-electron chi connectivity index (χ2n) is 5.43. The highest BCUT2D eigenvalue weighted by Crippen LogP contribution is 2.18. The molecule has 1 aromatic carbocycles. The molecule has 0 aliphatic carbocycles. The lowest BCUT2D eigenvalue weighted by molar-refractivity contribution is -0.131. The highest BCUT2D eigenvalue weighted by atomic mass is 16.2. The number of nitrogens with zero attached hydrogens (tertiary/aromatic N) is 1. The number of rotatable bonds is 5. The molecule has 104 valence electrons. The van der Waals surface area contributed by atoms with Crippen LogP contribution in [0.3, 0.4) is 0 Å². The average molecular weight is 260 g/mol. The molecule has 2 rings (SSSR count). The first-order valence-electron chi connectivity index (χ1n) is 7.20. The number of likely N-dealkylation sites (tertiary alicyclic amines) is 1. The Morgan fingerprint density at radius 1 is 1.47 bits per heavy atom. The topological polar surface area (TPSA) is 32.3 Å². The van der Waals surface area contributed by atoms with E-state index in [9.17, 15) is 4.79 Å². The van der Waals surface area contributed by atoms with Crippen LogP contribution in [-0.2, 0) is 11.2 Å². The Labute approximate surface area is 116 Å². The normalized spacial score (nSPS) is 18.8. The van der Waals surface area contributed by atoms with Gasteiger partial charge < -0.3 is 10.2 Å². The van der Waals surface area contributed by atoms with Crippen LogP contribution in [0.4, 0.5) is 0 Å². The molecule has 1 unspecified atom stereocenters. The predicted octanol–water partition coefficient (Wildman–Crippen LogP) is 2.14. The van der Waals surface area contributed by atoms with Crippen LogP contribution >= 0.6 is 0 Å². The summed E-state index contributed by atoms with van der Waals surface area (Å²) in [5.74, 6) is 0.305.